The Hall–Kier alpha value is -1.70. The fourth-order valence-corrected chi connectivity index (χ4v) is 3.41. The van der Waals surface area contributed by atoms with Crippen molar-refractivity contribution in [3.8, 4) is 0 Å². The molecule has 0 saturated carbocycles. The summed E-state index contributed by atoms with van der Waals surface area (Å²) in [6.07, 6.45) is 0. The van der Waals surface area contributed by atoms with Crippen LogP contribution in [0.2, 0.25) is 0 Å². The molecule has 1 aromatic heterocycles. The maximum absolute atomic E-state index is 4.53. The molecule has 0 aliphatic carbocycles. The molecule has 0 atom stereocenters. The van der Waals surface area contributed by atoms with E-state index < -0.39 is 0 Å². The third kappa shape index (κ3) is 1.33. The topological polar surface area (TPSA) is 25.8 Å². The number of hydrogen-bond donors (Lipinski definition) is 0. The van der Waals surface area contributed by atoms with Gasteiger partial charge in [0.2, 0.25) is 0 Å². The van der Waals surface area contributed by atoms with Gasteiger partial charge in [-0.05, 0) is 0 Å². The van der Waals surface area contributed by atoms with Gasteiger partial charge in [-0.1, -0.05) is 0 Å². The number of fused-ring (bicyclic) bond motifs is 4. The first-order chi connectivity index (χ1) is 8.42. The summed E-state index contributed by atoms with van der Waals surface area (Å²) in [7, 11) is 0. The summed E-state index contributed by atoms with van der Waals surface area (Å²) in [6, 6.07) is 17.1. The second kappa shape index (κ2) is 3.39. The zero-order valence-electron chi connectivity index (χ0n) is 8.92. The molecule has 4 rings (SSSR count). The van der Waals surface area contributed by atoms with Gasteiger partial charge in [-0.25, -0.2) is 0 Å². The van der Waals surface area contributed by atoms with E-state index in [1.807, 2.05) is 0 Å². The molecular weight excluding hydrogens is 275 g/mol. The zero-order chi connectivity index (χ0) is 11.2. The molecule has 0 N–H and O–H groups in total. The van der Waals surface area contributed by atoms with Crippen molar-refractivity contribution < 1.29 is 0 Å². The summed E-state index contributed by atoms with van der Waals surface area (Å²) in [4.78, 5) is 0. The van der Waals surface area contributed by atoms with Gasteiger partial charge in [0.05, 0.1) is 0 Å². The average molecular weight is 283 g/mol. The molecule has 0 radical (unpaired) electrons. The number of benzene rings is 3. The Morgan fingerprint density at radius 1 is 0.765 bits per heavy atom. The summed E-state index contributed by atoms with van der Waals surface area (Å²) < 4.78 is 8.96. The van der Waals surface area contributed by atoms with Crippen LogP contribution in [0.4, 0.5) is 0 Å². The Morgan fingerprint density at radius 2 is 1.59 bits per heavy atom. The van der Waals surface area contributed by atoms with Gasteiger partial charge < -0.3 is 0 Å². The molecule has 3 aromatic carbocycles. The van der Waals surface area contributed by atoms with Gasteiger partial charge >= 0.3 is 104 Å². The summed E-state index contributed by atoms with van der Waals surface area (Å²) in [5, 5.41) is 5.02. The molecule has 0 aliphatic heterocycles. The molecule has 0 saturated heterocycles. The van der Waals surface area contributed by atoms with E-state index in [9.17, 15) is 0 Å². The van der Waals surface area contributed by atoms with Crippen LogP contribution in [0.15, 0.2) is 48.5 Å². The Morgan fingerprint density at radius 3 is 2.47 bits per heavy atom. The van der Waals surface area contributed by atoms with E-state index in [2.05, 4.69) is 56.5 Å². The van der Waals surface area contributed by atoms with E-state index in [-0.39, 0.29) is 15.0 Å². The van der Waals surface area contributed by atoms with Crippen molar-refractivity contribution in [2.45, 2.75) is 0 Å². The molecule has 1 heterocycles. The first-order valence-electron chi connectivity index (χ1n) is 5.46. The van der Waals surface area contributed by atoms with Crippen LogP contribution in [-0.2, 0) is 0 Å². The quantitative estimate of drug-likeness (QED) is 0.366. The van der Waals surface area contributed by atoms with Crippen molar-refractivity contribution >= 4 is 47.5 Å². The summed E-state index contributed by atoms with van der Waals surface area (Å²) in [6.45, 7) is 0. The van der Waals surface area contributed by atoms with Crippen LogP contribution in [0.3, 0.4) is 0 Å². The molecule has 0 unspecified atom stereocenters. The molecule has 80 valence electrons. The van der Waals surface area contributed by atoms with Crippen molar-refractivity contribution in [3.05, 3.63) is 48.5 Å². The Labute approximate surface area is 104 Å². The predicted molar refractivity (Wildman–Crippen MR) is 71.5 cm³/mol. The van der Waals surface area contributed by atoms with Gasteiger partial charge in [0, 0.05) is 0 Å². The van der Waals surface area contributed by atoms with Gasteiger partial charge in [-0.3, -0.25) is 0 Å². The van der Waals surface area contributed by atoms with Crippen LogP contribution in [-0.4, -0.2) is 22.9 Å². The van der Waals surface area contributed by atoms with Gasteiger partial charge in [0.15, 0.2) is 0 Å². The molecule has 0 bridgehead atoms. The summed E-state index contributed by atoms with van der Waals surface area (Å²) in [5.41, 5.74) is 2.13. The third-order valence-electron chi connectivity index (χ3n) is 3.11. The Balaban J connectivity index is 2.29. The molecule has 0 spiro atoms. The second-order valence-corrected chi connectivity index (χ2v) is 5.23. The van der Waals surface area contributed by atoms with Crippen LogP contribution in [0, 0.1) is 0 Å². The molecule has 0 aliphatic rings. The van der Waals surface area contributed by atoms with Crippen molar-refractivity contribution in [3.63, 3.8) is 0 Å². The van der Waals surface area contributed by atoms with Crippen molar-refractivity contribution in [2.75, 3.05) is 0 Å². The second-order valence-electron chi connectivity index (χ2n) is 4.12. The third-order valence-corrected chi connectivity index (χ3v) is 4.25. The molecular formula is C14H8N2Se. The standard InChI is InChI=1S/C14H8N2Se/c1-2-4-10-8-12-11(7-9(10)3-1)5-6-13-14(12)16-17-15-13/h1-8H. The van der Waals surface area contributed by atoms with E-state index in [0.29, 0.717) is 0 Å². The van der Waals surface area contributed by atoms with Crippen LogP contribution >= 0.6 is 0 Å². The van der Waals surface area contributed by atoms with Gasteiger partial charge in [-0.2, -0.15) is 0 Å². The molecule has 4 aromatic rings. The predicted octanol–water partition coefficient (Wildman–Crippen LogP) is 2.99. The van der Waals surface area contributed by atoms with E-state index in [1.54, 1.807) is 0 Å². The van der Waals surface area contributed by atoms with Gasteiger partial charge in [0.1, 0.15) is 0 Å². The first kappa shape index (κ1) is 9.34. The average Bonchev–Trinajstić information content (AvgIpc) is 2.85. The minimum atomic E-state index is 0.0439. The van der Waals surface area contributed by atoms with Crippen LogP contribution in [0.5, 0.6) is 0 Å². The molecule has 0 fully saturated rings. The molecule has 17 heavy (non-hydrogen) atoms. The van der Waals surface area contributed by atoms with Crippen LogP contribution < -0.4 is 0 Å². The van der Waals surface area contributed by atoms with E-state index in [1.165, 1.54) is 21.5 Å². The number of nitrogens with zero attached hydrogens (tertiary/aromatic N) is 2. The fourth-order valence-electron chi connectivity index (χ4n) is 2.26. The molecule has 0 amide bonds. The van der Waals surface area contributed by atoms with Crippen molar-refractivity contribution in [1.82, 2.24) is 7.96 Å². The fraction of sp³-hybridized carbons (Fsp3) is 0. The van der Waals surface area contributed by atoms with Crippen molar-refractivity contribution in [2.24, 2.45) is 0 Å². The van der Waals surface area contributed by atoms with Crippen molar-refractivity contribution in [1.29, 1.82) is 0 Å². The number of aromatic nitrogens is 2. The van der Waals surface area contributed by atoms with Crippen LogP contribution in [0.25, 0.3) is 32.6 Å². The Bertz CT molecular complexity index is 848. The van der Waals surface area contributed by atoms with E-state index in [0.717, 1.165) is 11.0 Å². The maximum atomic E-state index is 4.53. The molecule has 3 heteroatoms. The van der Waals surface area contributed by atoms with E-state index in [4.69, 9.17) is 0 Å². The summed E-state index contributed by atoms with van der Waals surface area (Å²) >= 11 is 0.0439. The first-order valence-corrected chi connectivity index (χ1v) is 6.99. The Kier molecular flexibility index (Phi) is 1.86. The SMILES string of the molecule is c1ccc2cc3c(ccc4n[se]nc43)cc2c1. The minimum absolute atomic E-state index is 0.0439. The van der Waals surface area contributed by atoms with E-state index >= 15 is 0 Å². The van der Waals surface area contributed by atoms with Gasteiger partial charge in [0.25, 0.3) is 0 Å². The van der Waals surface area contributed by atoms with Gasteiger partial charge in [-0.15, -0.1) is 0 Å². The number of rotatable bonds is 0. The molecule has 2 nitrogen and oxygen atoms in total. The zero-order valence-corrected chi connectivity index (χ0v) is 10.6. The monoisotopic (exact) mass is 284 g/mol. The number of hydrogen-bond acceptors (Lipinski definition) is 2. The normalized spacial score (nSPS) is 11.5. The van der Waals surface area contributed by atoms with Crippen LogP contribution in [0.1, 0.15) is 0 Å². The summed E-state index contributed by atoms with van der Waals surface area (Å²) in [5.74, 6) is 0.